The Balaban J connectivity index is 3.30. The molecule has 72 valence electrons. The molecule has 0 radical (unpaired) electrons. The van der Waals surface area contributed by atoms with Crippen molar-refractivity contribution in [1.29, 1.82) is 0 Å². The molecule has 1 rings (SSSR count). The van der Waals surface area contributed by atoms with Crippen molar-refractivity contribution in [2.75, 3.05) is 0 Å². The number of hydrogen-bond acceptors (Lipinski definition) is 1. The third-order valence-corrected chi connectivity index (χ3v) is 1.97. The first-order valence-electron chi connectivity index (χ1n) is 3.56. The Morgan fingerprint density at radius 3 is 2.62 bits per heavy atom. The van der Waals surface area contributed by atoms with Gasteiger partial charge in [-0.25, -0.2) is 13.2 Å². The number of rotatable bonds is 2. The zero-order valence-electron chi connectivity index (χ0n) is 6.82. The second kappa shape index (κ2) is 3.96. The van der Waals surface area contributed by atoms with E-state index in [2.05, 4.69) is 4.98 Å². The Morgan fingerprint density at radius 1 is 1.54 bits per heavy atom. The van der Waals surface area contributed by atoms with Gasteiger partial charge >= 0.3 is 0 Å². The van der Waals surface area contributed by atoms with Gasteiger partial charge in [-0.15, -0.1) is 11.6 Å². The number of nitrogens with zero attached hydrogens (tertiary/aromatic N) is 1. The molecular formula is C8H7ClF3N. The van der Waals surface area contributed by atoms with Crippen molar-refractivity contribution in [3.8, 4) is 0 Å². The molecule has 0 bridgehead atoms. The van der Waals surface area contributed by atoms with Gasteiger partial charge in [0.05, 0.1) is 11.4 Å². The van der Waals surface area contributed by atoms with E-state index in [1.807, 2.05) is 0 Å². The van der Waals surface area contributed by atoms with Gasteiger partial charge in [0, 0.05) is 17.5 Å². The van der Waals surface area contributed by atoms with Crippen molar-refractivity contribution < 1.29 is 13.2 Å². The minimum absolute atomic E-state index is 0.00127. The van der Waals surface area contributed by atoms with E-state index in [1.54, 1.807) is 0 Å². The Labute approximate surface area is 78.5 Å². The van der Waals surface area contributed by atoms with E-state index in [0.717, 1.165) is 0 Å². The van der Waals surface area contributed by atoms with E-state index >= 15 is 0 Å². The molecule has 1 heterocycles. The van der Waals surface area contributed by atoms with E-state index in [4.69, 9.17) is 11.6 Å². The molecule has 0 atom stereocenters. The minimum Gasteiger partial charge on any atom is -0.261 e. The number of hydrogen-bond donors (Lipinski definition) is 0. The fourth-order valence-electron chi connectivity index (χ4n) is 0.980. The summed E-state index contributed by atoms with van der Waals surface area (Å²) in [6, 6.07) is 0. The van der Waals surface area contributed by atoms with Gasteiger partial charge in [-0.1, -0.05) is 0 Å². The molecular weight excluding hydrogens is 203 g/mol. The van der Waals surface area contributed by atoms with Crippen LogP contribution in [-0.4, -0.2) is 4.98 Å². The van der Waals surface area contributed by atoms with Gasteiger partial charge in [0.15, 0.2) is 0 Å². The van der Waals surface area contributed by atoms with Crippen molar-refractivity contribution in [2.45, 2.75) is 19.2 Å². The van der Waals surface area contributed by atoms with Crippen molar-refractivity contribution in [3.05, 3.63) is 28.8 Å². The van der Waals surface area contributed by atoms with Crippen LogP contribution in [0.15, 0.2) is 6.20 Å². The van der Waals surface area contributed by atoms with Crippen LogP contribution in [-0.2, 0) is 5.88 Å². The van der Waals surface area contributed by atoms with Crippen LogP contribution in [0.25, 0.3) is 0 Å². The standard InChI is InChI=1S/C8H7ClF3N/c1-4-6(8(11)12)7(10)5(2-9)3-13-4/h3,8H,2H2,1H3. The molecule has 5 heteroatoms. The Bertz CT molecular complexity index is 315. The molecule has 1 nitrogen and oxygen atoms in total. The maximum Gasteiger partial charge on any atom is 0.268 e. The monoisotopic (exact) mass is 209 g/mol. The summed E-state index contributed by atoms with van der Waals surface area (Å²) in [5.74, 6) is -1.10. The maximum atomic E-state index is 13.2. The summed E-state index contributed by atoms with van der Waals surface area (Å²) in [6.45, 7) is 1.34. The van der Waals surface area contributed by atoms with Crippen molar-refractivity contribution >= 4 is 11.6 Å². The van der Waals surface area contributed by atoms with E-state index < -0.39 is 17.8 Å². The lowest BCUT2D eigenvalue weighted by Gasteiger charge is -2.07. The van der Waals surface area contributed by atoms with Gasteiger partial charge in [-0.3, -0.25) is 4.98 Å². The zero-order valence-corrected chi connectivity index (χ0v) is 7.58. The lowest BCUT2D eigenvalue weighted by atomic mass is 10.1. The predicted octanol–water partition coefficient (Wildman–Crippen LogP) is 3.21. The van der Waals surface area contributed by atoms with Gasteiger partial charge in [0.1, 0.15) is 5.82 Å². The summed E-state index contributed by atoms with van der Waals surface area (Å²) in [7, 11) is 0. The largest absolute Gasteiger partial charge is 0.268 e. The van der Waals surface area contributed by atoms with Crippen LogP contribution in [0.1, 0.15) is 23.2 Å². The molecule has 0 aliphatic carbocycles. The van der Waals surface area contributed by atoms with Gasteiger partial charge in [-0.05, 0) is 6.92 Å². The van der Waals surface area contributed by atoms with Crippen LogP contribution in [0.5, 0.6) is 0 Å². The number of pyridine rings is 1. The van der Waals surface area contributed by atoms with E-state index in [-0.39, 0.29) is 17.1 Å². The first kappa shape index (κ1) is 10.3. The third kappa shape index (κ3) is 1.94. The summed E-state index contributed by atoms with van der Waals surface area (Å²) in [5, 5.41) is 0. The van der Waals surface area contributed by atoms with Crippen molar-refractivity contribution in [3.63, 3.8) is 0 Å². The molecule has 0 aliphatic heterocycles. The van der Waals surface area contributed by atoms with Crippen LogP contribution in [0.4, 0.5) is 13.2 Å². The fourth-order valence-corrected chi connectivity index (χ4v) is 1.17. The molecule has 0 N–H and O–H groups in total. The average Bonchev–Trinajstić information content (AvgIpc) is 2.04. The summed E-state index contributed by atoms with van der Waals surface area (Å²) >= 11 is 5.34. The number of aromatic nitrogens is 1. The lowest BCUT2D eigenvalue weighted by Crippen LogP contribution is -2.01. The van der Waals surface area contributed by atoms with E-state index in [1.165, 1.54) is 13.1 Å². The second-order valence-corrected chi connectivity index (χ2v) is 2.80. The Morgan fingerprint density at radius 2 is 2.15 bits per heavy atom. The van der Waals surface area contributed by atoms with Crippen molar-refractivity contribution in [2.24, 2.45) is 0 Å². The summed E-state index contributed by atoms with van der Waals surface area (Å²) in [5.41, 5.74) is -0.651. The van der Waals surface area contributed by atoms with E-state index in [0.29, 0.717) is 0 Å². The molecule has 0 aromatic carbocycles. The van der Waals surface area contributed by atoms with E-state index in [9.17, 15) is 13.2 Å². The smallest absolute Gasteiger partial charge is 0.261 e. The summed E-state index contributed by atoms with van der Waals surface area (Å²) in [6.07, 6.45) is -1.68. The number of halogens is 4. The molecule has 0 fully saturated rings. The quantitative estimate of drug-likeness (QED) is 0.682. The molecule has 1 aromatic heterocycles. The molecule has 0 amide bonds. The van der Waals surface area contributed by atoms with Crippen LogP contribution < -0.4 is 0 Å². The number of aryl methyl sites for hydroxylation is 1. The van der Waals surface area contributed by atoms with Crippen LogP contribution in [0, 0.1) is 12.7 Å². The van der Waals surface area contributed by atoms with Crippen molar-refractivity contribution in [1.82, 2.24) is 4.98 Å². The Hall–Kier alpha value is -0.770. The molecule has 0 saturated heterocycles. The molecule has 0 spiro atoms. The third-order valence-electron chi connectivity index (χ3n) is 1.68. The average molecular weight is 210 g/mol. The highest BCUT2D eigenvalue weighted by atomic mass is 35.5. The van der Waals surface area contributed by atoms with Gasteiger partial charge in [-0.2, -0.15) is 0 Å². The molecule has 0 saturated carbocycles. The second-order valence-electron chi connectivity index (χ2n) is 2.53. The van der Waals surface area contributed by atoms with Crippen LogP contribution in [0.3, 0.4) is 0 Å². The highest BCUT2D eigenvalue weighted by Gasteiger charge is 2.19. The van der Waals surface area contributed by atoms with Crippen LogP contribution >= 0.6 is 11.6 Å². The minimum atomic E-state index is -2.85. The van der Waals surface area contributed by atoms with Gasteiger partial charge in [0.25, 0.3) is 6.43 Å². The highest BCUT2D eigenvalue weighted by molar-refractivity contribution is 6.17. The predicted molar refractivity (Wildman–Crippen MR) is 43.4 cm³/mol. The zero-order chi connectivity index (χ0) is 10.0. The molecule has 1 aromatic rings. The highest BCUT2D eigenvalue weighted by Crippen LogP contribution is 2.26. The lowest BCUT2D eigenvalue weighted by molar-refractivity contribution is 0.144. The molecule has 0 aliphatic rings. The summed E-state index contributed by atoms with van der Waals surface area (Å²) in [4.78, 5) is 3.63. The van der Waals surface area contributed by atoms with Gasteiger partial charge in [0.2, 0.25) is 0 Å². The maximum absolute atomic E-state index is 13.2. The first-order chi connectivity index (χ1) is 6.07. The van der Waals surface area contributed by atoms with Gasteiger partial charge < -0.3 is 0 Å². The fraction of sp³-hybridized carbons (Fsp3) is 0.375. The molecule has 13 heavy (non-hydrogen) atoms. The first-order valence-corrected chi connectivity index (χ1v) is 4.09. The Kier molecular flexibility index (Phi) is 3.14. The SMILES string of the molecule is Cc1ncc(CCl)c(F)c1C(F)F. The summed E-state index contributed by atoms with van der Waals surface area (Å²) < 4.78 is 37.7. The normalized spacial score (nSPS) is 10.9. The topological polar surface area (TPSA) is 12.9 Å². The van der Waals surface area contributed by atoms with Crippen LogP contribution in [0.2, 0.25) is 0 Å². The number of alkyl halides is 3. The molecule has 0 unspecified atom stereocenters.